The lowest BCUT2D eigenvalue weighted by Crippen LogP contribution is -2.55. The van der Waals surface area contributed by atoms with Crippen LogP contribution in [-0.2, 0) is 9.53 Å². The van der Waals surface area contributed by atoms with Crippen molar-refractivity contribution in [1.82, 2.24) is 5.32 Å². The molecule has 0 aromatic rings. The smallest absolute Gasteiger partial charge is 0.401 e. The molecule has 0 saturated heterocycles. The first-order valence-corrected chi connectivity index (χ1v) is 3.75. The molecule has 1 atom stereocenters. The normalized spacial score (nSPS) is 16.4. The number of aliphatic carboxylic acids is 1. The van der Waals surface area contributed by atoms with Crippen LogP contribution in [0.2, 0.25) is 0 Å². The molecule has 0 heterocycles. The van der Waals surface area contributed by atoms with Gasteiger partial charge < -0.3 is 9.84 Å². The van der Waals surface area contributed by atoms with E-state index in [4.69, 9.17) is 5.11 Å². The lowest BCUT2D eigenvalue weighted by atomic mass is 10.0. The summed E-state index contributed by atoms with van der Waals surface area (Å²) in [6.07, 6.45) is -4.44. The summed E-state index contributed by atoms with van der Waals surface area (Å²) in [7, 11) is 1.22. The van der Waals surface area contributed by atoms with Crippen LogP contribution in [-0.4, -0.2) is 43.1 Å². The number of carboxylic acid groups (broad SMARTS) is 1. The zero-order valence-electron chi connectivity index (χ0n) is 7.81. The number of rotatable bonds is 5. The van der Waals surface area contributed by atoms with E-state index in [0.717, 1.165) is 6.92 Å². The first-order valence-electron chi connectivity index (χ1n) is 3.75. The van der Waals surface area contributed by atoms with Gasteiger partial charge in [-0.15, -0.1) is 0 Å². The van der Waals surface area contributed by atoms with Crippen LogP contribution in [0.15, 0.2) is 0 Å². The van der Waals surface area contributed by atoms with E-state index in [2.05, 4.69) is 4.74 Å². The molecule has 0 aliphatic carbocycles. The molecule has 0 aliphatic heterocycles. The summed E-state index contributed by atoms with van der Waals surface area (Å²) < 4.78 is 39.9. The Morgan fingerprint density at radius 3 is 2.29 bits per heavy atom. The van der Waals surface area contributed by atoms with Crippen LogP contribution in [0.1, 0.15) is 6.92 Å². The number of carboxylic acids is 1. The number of nitrogens with one attached hydrogen (secondary N) is 1. The van der Waals surface area contributed by atoms with Gasteiger partial charge in [0.2, 0.25) is 0 Å². The predicted molar refractivity (Wildman–Crippen MR) is 42.0 cm³/mol. The molecular weight excluding hydrogens is 203 g/mol. The lowest BCUT2D eigenvalue weighted by Gasteiger charge is -2.25. The molecule has 0 radical (unpaired) electrons. The number of carbonyl (C=O) groups is 1. The second kappa shape index (κ2) is 4.61. The molecule has 0 saturated carbocycles. The van der Waals surface area contributed by atoms with E-state index in [1.165, 1.54) is 7.11 Å². The van der Waals surface area contributed by atoms with Crippen molar-refractivity contribution in [3.63, 3.8) is 0 Å². The molecule has 0 amide bonds. The first kappa shape index (κ1) is 13.2. The second-order valence-corrected chi connectivity index (χ2v) is 3.04. The number of ether oxygens (including phenoxy) is 1. The Balaban J connectivity index is 4.31. The van der Waals surface area contributed by atoms with E-state index in [9.17, 15) is 18.0 Å². The van der Waals surface area contributed by atoms with Crippen molar-refractivity contribution in [2.24, 2.45) is 0 Å². The van der Waals surface area contributed by atoms with Crippen LogP contribution >= 0.6 is 0 Å². The molecule has 1 unspecified atom stereocenters. The average molecular weight is 215 g/mol. The third kappa shape index (κ3) is 4.43. The fourth-order valence-corrected chi connectivity index (χ4v) is 0.772. The molecule has 0 rings (SSSR count). The summed E-state index contributed by atoms with van der Waals surface area (Å²) in [5, 5.41) is 10.5. The Hall–Kier alpha value is -0.820. The molecule has 7 heteroatoms. The molecule has 0 spiro atoms. The highest BCUT2D eigenvalue weighted by Crippen LogP contribution is 2.15. The summed E-state index contributed by atoms with van der Waals surface area (Å²) in [5.74, 6) is -1.39. The van der Waals surface area contributed by atoms with Crippen molar-refractivity contribution in [1.29, 1.82) is 0 Å². The summed E-state index contributed by atoms with van der Waals surface area (Å²) in [6.45, 7) is -0.567. The third-order valence-corrected chi connectivity index (χ3v) is 1.58. The van der Waals surface area contributed by atoms with Crippen LogP contribution in [0, 0.1) is 0 Å². The Kier molecular flexibility index (Phi) is 4.34. The Bertz CT molecular complexity index is 207. The molecule has 0 aromatic carbocycles. The van der Waals surface area contributed by atoms with Gasteiger partial charge in [-0.2, -0.15) is 13.2 Å². The number of hydrogen-bond donors (Lipinski definition) is 2. The average Bonchev–Trinajstić information content (AvgIpc) is 2.00. The van der Waals surface area contributed by atoms with Gasteiger partial charge in [0.15, 0.2) is 0 Å². The highest BCUT2D eigenvalue weighted by atomic mass is 19.4. The van der Waals surface area contributed by atoms with Crippen molar-refractivity contribution in [3.05, 3.63) is 0 Å². The minimum Gasteiger partial charge on any atom is -0.480 e. The zero-order valence-corrected chi connectivity index (χ0v) is 7.81. The van der Waals surface area contributed by atoms with Crippen molar-refractivity contribution in [3.8, 4) is 0 Å². The minimum absolute atomic E-state index is 0.335. The van der Waals surface area contributed by atoms with E-state index in [1.54, 1.807) is 0 Å². The summed E-state index contributed by atoms with van der Waals surface area (Å²) in [6, 6.07) is 0. The quantitative estimate of drug-likeness (QED) is 0.706. The second-order valence-electron chi connectivity index (χ2n) is 3.04. The topological polar surface area (TPSA) is 58.6 Å². The number of hydrogen-bond acceptors (Lipinski definition) is 3. The highest BCUT2D eigenvalue weighted by molar-refractivity contribution is 5.78. The van der Waals surface area contributed by atoms with Crippen LogP contribution < -0.4 is 5.32 Å². The maximum absolute atomic E-state index is 11.8. The van der Waals surface area contributed by atoms with Gasteiger partial charge in [-0.05, 0) is 6.92 Å². The van der Waals surface area contributed by atoms with E-state index >= 15 is 0 Å². The molecule has 4 nitrogen and oxygen atoms in total. The van der Waals surface area contributed by atoms with Gasteiger partial charge in [0.25, 0.3) is 0 Å². The Labute approximate surface area is 79.0 Å². The number of alkyl halides is 3. The molecule has 0 bridgehead atoms. The largest absolute Gasteiger partial charge is 0.480 e. The number of halogens is 3. The standard InChI is InChI=1S/C7H12F3NO3/c1-6(4-14-2,5(12)13)11-3-7(8,9)10/h11H,3-4H2,1-2H3,(H,12,13). The van der Waals surface area contributed by atoms with Gasteiger partial charge in [-0.1, -0.05) is 0 Å². The summed E-state index contributed by atoms with van der Waals surface area (Å²) >= 11 is 0. The highest BCUT2D eigenvalue weighted by Gasteiger charge is 2.37. The lowest BCUT2D eigenvalue weighted by molar-refractivity contribution is -0.152. The van der Waals surface area contributed by atoms with E-state index in [1.807, 2.05) is 5.32 Å². The summed E-state index contributed by atoms with van der Waals surface area (Å²) in [5.41, 5.74) is -1.72. The van der Waals surface area contributed by atoms with Crippen molar-refractivity contribution in [2.75, 3.05) is 20.3 Å². The number of methoxy groups -OCH3 is 1. The fourth-order valence-electron chi connectivity index (χ4n) is 0.772. The van der Waals surface area contributed by atoms with Gasteiger partial charge in [0.05, 0.1) is 13.2 Å². The van der Waals surface area contributed by atoms with Gasteiger partial charge in [-0.3, -0.25) is 10.1 Å². The molecule has 0 aliphatic rings. The fraction of sp³-hybridized carbons (Fsp3) is 0.857. The monoisotopic (exact) mass is 215 g/mol. The molecule has 0 aromatic heterocycles. The maximum Gasteiger partial charge on any atom is 0.401 e. The first-order chi connectivity index (χ1) is 6.21. The van der Waals surface area contributed by atoms with Crippen molar-refractivity contribution in [2.45, 2.75) is 18.6 Å². The maximum atomic E-state index is 11.8. The van der Waals surface area contributed by atoms with E-state index < -0.39 is 24.2 Å². The van der Waals surface area contributed by atoms with E-state index in [-0.39, 0.29) is 6.61 Å². The van der Waals surface area contributed by atoms with Crippen molar-refractivity contribution >= 4 is 5.97 Å². The Morgan fingerprint density at radius 1 is 1.50 bits per heavy atom. The van der Waals surface area contributed by atoms with Gasteiger partial charge in [0.1, 0.15) is 5.54 Å². The van der Waals surface area contributed by atoms with Gasteiger partial charge in [-0.25, -0.2) is 0 Å². The molecule has 84 valence electrons. The minimum atomic E-state index is -4.44. The molecule has 0 fully saturated rings. The van der Waals surface area contributed by atoms with Gasteiger partial charge >= 0.3 is 12.1 Å². The van der Waals surface area contributed by atoms with Crippen molar-refractivity contribution < 1.29 is 27.8 Å². The van der Waals surface area contributed by atoms with Crippen LogP contribution in [0.25, 0.3) is 0 Å². The predicted octanol–water partition coefficient (Wildman–Crippen LogP) is 0.628. The summed E-state index contributed by atoms with van der Waals surface area (Å²) in [4.78, 5) is 10.6. The SMILES string of the molecule is COCC(C)(NCC(F)(F)F)C(=O)O. The van der Waals surface area contributed by atoms with E-state index in [0.29, 0.717) is 0 Å². The zero-order chi connectivity index (χ0) is 11.4. The third-order valence-electron chi connectivity index (χ3n) is 1.58. The van der Waals surface area contributed by atoms with Gasteiger partial charge in [0, 0.05) is 7.11 Å². The molecular formula is C7H12F3NO3. The molecule has 2 N–H and O–H groups in total. The Morgan fingerprint density at radius 2 is 2.00 bits per heavy atom. The van der Waals surface area contributed by atoms with Crippen LogP contribution in [0.5, 0.6) is 0 Å². The molecule has 14 heavy (non-hydrogen) atoms. The van der Waals surface area contributed by atoms with Crippen LogP contribution in [0.4, 0.5) is 13.2 Å². The van der Waals surface area contributed by atoms with Crippen LogP contribution in [0.3, 0.4) is 0 Å².